The molecule has 0 aromatic rings. The molecule has 0 aromatic carbocycles. The molecule has 2 atom stereocenters. The van der Waals surface area contributed by atoms with Gasteiger partial charge in [-0.15, -0.1) is 6.58 Å². The third kappa shape index (κ3) is 0.742. The molecular weight excluding hydrogens is 152 g/mol. The number of hydrogen-bond acceptors (Lipinski definition) is 0. The Morgan fingerprint density at radius 2 is 2.43 bits per heavy atom. The average molecular weight is 161 g/mol. The first kappa shape index (κ1) is 5.36. The third-order valence-corrected chi connectivity index (χ3v) is 3.01. The molecule has 0 nitrogen and oxygen atoms in total. The number of allylic oxidation sites excluding steroid dienone is 1. The predicted octanol–water partition coefficient (Wildman–Crippen LogP) is 2.35. The minimum atomic E-state index is 0.431. The number of alkyl halides is 1. The zero-order valence-corrected chi connectivity index (χ0v) is 6.03. The highest BCUT2D eigenvalue weighted by Gasteiger charge is 2.45. The molecule has 0 bridgehead atoms. The standard InChI is InChI=1S/C6H9Br/c1-3-6(2)4-5(6)7/h3,5H,1,4H2,2H3/t5-,6+/m1/s1. The zero-order valence-electron chi connectivity index (χ0n) is 4.45. The number of halogens is 1. The molecule has 1 saturated carbocycles. The van der Waals surface area contributed by atoms with Gasteiger partial charge in [0, 0.05) is 4.83 Å². The van der Waals surface area contributed by atoms with Crippen LogP contribution in [-0.2, 0) is 0 Å². The maximum atomic E-state index is 3.71. The van der Waals surface area contributed by atoms with Crippen molar-refractivity contribution in [2.45, 2.75) is 18.2 Å². The van der Waals surface area contributed by atoms with Crippen molar-refractivity contribution in [3.05, 3.63) is 12.7 Å². The van der Waals surface area contributed by atoms with Gasteiger partial charge in [-0.1, -0.05) is 28.9 Å². The Labute approximate surface area is 52.7 Å². The van der Waals surface area contributed by atoms with Gasteiger partial charge in [-0.25, -0.2) is 0 Å². The average Bonchev–Trinajstić information content (AvgIpc) is 2.18. The lowest BCUT2D eigenvalue weighted by atomic mass is 10.1. The van der Waals surface area contributed by atoms with Gasteiger partial charge in [0.05, 0.1) is 0 Å². The van der Waals surface area contributed by atoms with Gasteiger partial charge in [0.25, 0.3) is 0 Å². The second kappa shape index (κ2) is 1.35. The van der Waals surface area contributed by atoms with Crippen molar-refractivity contribution < 1.29 is 0 Å². The Bertz CT molecular complexity index is 98.4. The second-order valence-corrected chi connectivity index (χ2v) is 3.49. The van der Waals surface area contributed by atoms with E-state index in [0.717, 1.165) is 0 Å². The molecule has 1 rings (SSSR count). The highest BCUT2D eigenvalue weighted by atomic mass is 79.9. The lowest BCUT2D eigenvalue weighted by Gasteiger charge is -1.94. The molecule has 40 valence electrons. The summed E-state index contributed by atoms with van der Waals surface area (Å²) in [5, 5.41) is 0. The van der Waals surface area contributed by atoms with E-state index in [0.29, 0.717) is 10.2 Å². The topological polar surface area (TPSA) is 0 Å². The first-order valence-electron chi connectivity index (χ1n) is 2.47. The summed E-state index contributed by atoms with van der Waals surface area (Å²) in [5.74, 6) is 0. The van der Waals surface area contributed by atoms with Crippen LogP contribution < -0.4 is 0 Å². The summed E-state index contributed by atoms with van der Waals surface area (Å²) in [6.07, 6.45) is 3.28. The van der Waals surface area contributed by atoms with Gasteiger partial charge >= 0.3 is 0 Å². The van der Waals surface area contributed by atoms with Gasteiger partial charge in [-0.2, -0.15) is 0 Å². The Morgan fingerprint density at radius 3 is 2.43 bits per heavy atom. The molecular formula is C6H9Br. The Balaban J connectivity index is 2.51. The van der Waals surface area contributed by atoms with Crippen molar-refractivity contribution in [2.75, 3.05) is 0 Å². The Kier molecular flexibility index (Phi) is 1.03. The summed E-state index contributed by atoms with van der Waals surface area (Å²) >= 11 is 3.49. The summed E-state index contributed by atoms with van der Waals surface area (Å²) in [6.45, 7) is 5.92. The van der Waals surface area contributed by atoms with E-state index in [1.54, 1.807) is 0 Å². The smallest absolute Gasteiger partial charge is 0.0242 e. The van der Waals surface area contributed by atoms with Crippen LogP contribution in [0.5, 0.6) is 0 Å². The van der Waals surface area contributed by atoms with Crippen molar-refractivity contribution in [3.8, 4) is 0 Å². The van der Waals surface area contributed by atoms with Crippen LogP contribution >= 0.6 is 15.9 Å². The van der Waals surface area contributed by atoms with Crippen molar-refractivity contribution >= 4 is 15.9 Å². The zero-order chi connectivity index (χ0) is 5.49. The highest BCUT2D eigenvalue weighted by Crippen LogP contribution is 2.51. The van der Waals surface area contributed by atoms with E-state index in [2.05, 4.69) is 29.4 Å². The molecule has 1 aliphatic rings. The van der Waals surface area contributed by atoms with E-state index in [-0.39, 0.29) is 0 Å². The van der Waals surface area contributed by atoms with E-state index < -0.39 is 0 Å². The van der Waals surface area contributed by atoms with Gasteiger partial charge in [0.1, 0.15) is 0 Å². The van der Waals surface area contributed by atoms with Crippen LogP contribution in [-0.4, -0.2) is 4.83 Å². The molecule has 0 spiro atoms. The van der Waals surface area contributed by atoms with Crippen molar-refractivity contribution in [1.82, 2.24) is 0 Å². The van der Waals surface area contributed by atoms with Gasteiger partial charge in [-0.05, 0) is 11.8 Å². The normalized spacial score (nSPS) is 48.6. The van der Waals surface area contributed by atoms with Crippen LogP contribution in [0.3, 0.4) is 0 Å². The maximum Gasteiger partial charge on any atom is 0.0242 e. The van der Waals surface area contributed by atoms with Crippen LogP contribution in [0.4, 0.5) is 0 Å². The predicted molar refractivity (Wildman–Crippen MR) is 35.6 cm³/mol. The molecule has 1 heteroatoms. The van der Waals surface area contributed by atoms with E-state index in [9.17, 15) is 0 Å². The SMILES string of the molecule is C=C[C@@]1(C)C[C@H]1Br. The Morgan fingerprint density at radius 1 is 2.00 bits per heavy atom. The molecule has 0 unspecified atom stereocenters. The molecule has 0 saturated heterocycles. The molecule has 7 heavy (non-hydrogen) atoms. The van der Waals surface area contributed by atoms with E-state index >= 15 is 0 Å². The van der Waals surface area contributed by atoms with Crippen LogP contribution in [0.1, 0.15) is 13.3 Å². The fourth-order valence-corrected chi connectivity index (χ4v) is 1.42. The maximum absolute atomic E-state index is 3.71. The molecule has 0 aliphatic heterocycles. The number of hydrogen-bond donors (Lipinski definition) is 0. The van der Waals surface area contributed by atoms with Gasteiger partial charge in [0.2, 0.25) is 0 Å². The molecule has 0 amide bonds. The molecule has 0 aromatic heterocycles. The molecule has 0 heterocycles. The van der Waals surface area contributed by atoms with E-state index in [1.807, 2.05) is 6.08 Å². The molecule has 1 fully saturated rings. The lowest BCUT2D eigenvalue weighted by Crippen LogP contribution is -1.87. The highest BCUT2D eigenvalue weighted by molar-refractivity contribution is 9.09. The minimum absolute atomic E-state index is 0.431. The first-order valence-corrected chi connectivity index (χ1v) is 3.38. The summed E-state index contributed by atoms with van der Waals surface area (Å²) in [7, 11) is 0. The van der Waals surface area contributed by atoms with Crippen molar-refractivity contribution in [2.24, 2.45) is 5.41 Å². The minimum Gasteiger partial charge on any atom is -0.102 e. The van der Waals surface area contributed by atoms with Crippen LogP contribution in [0.2, 0.25) is 0 Å². The van der Waals surface area contributed by atoms with Crippen LogP contribution in [0.15, 0.2) is 12.7 Å². The van der Waals surface area contributed by atoms with Gasteiger partial charge in [0.15, 0.2) is 0 Å². The van der Waals surface area contributed by atoms with Gasteiger partial charge in [-0.3, -0.25) is 0 Å². The van der Waals surface area contributed by atoms with Gasteiger partial charge < -0.3 is 0 Å². The third-order valence-electron chi connectivity index (χ3n) is 1.64. The number of rotatable bonds is 1. The van der Waals surface area contributed by atoms with Crippen LogP contribution in [0.25, 0.3) is 0 Å². The lowest BCUT2D eigenvalue weighted by molar-refractivity contribution is 0.758. The first-order chi connectivity index (χ1) is 3.19. The van der Waals surface area contributed by atoms with E-state index in [1.165, 1.54) is 6.42 Å². The summed E-state index contributed by atoms with van der Waals surface area (Å²) in [6, 6.07) is 0. The van der Waals surface area contributed by atoms with Crippen molar-refractivity contribution in [1.29, 1.82) is 0 Å². The summed E-state index contributed by atoms with van der Waals surface area (Å²) in [5.41, 5.74) is 0.431. The molecule has 0 radical (unpaired) electrons. The second-order valence-electron chi connectivity index (χ2n) is 2.38. The van der Waals surface area contributed by atoms with Crippen molar-refractivity contribution in [3.63, 3.8) is 0 Å². The quantitative estimate of drug-likeness (QED) is 0.409. The Hall–Kier alpha value is 0.220. The summed E-state index contributed by atoms with van der Waals surface area (Å²) < 4.78 is 0. The summed E-state index contributed by atoms with van der Waals surface area (Å²) in [4.78, 5) is 0.706. The monoisotopic (exact) mass is 160 g/mol. The molecule has 1 aliphatic carbocycles. The van der Waals surface area contributed by atoms with Crippen LogP contribution in [0, 0.1) is 5.41 Å². The fraction of sp³-hybridized carbons (Fsp3) is 0.667. The van der Waals surface area contributed by atoms with E-state index in [4.69, 9.17) is 0 Å². The fourth-order valence-electron chi connectivity index (χ4n) is 0.538. The molecule has 0 N–H and O–H groups in total. The largest absolute Gasteiger partial charge is 0.102 e.